The number of rotatable bonds is 3. The molecule has 33 heavy (non-hydrogen) atoms. The number of carbonyl (C=O) groups is 1. The predicted molar refractivity (Wildman–Crippen MR) is 117 cm³/mol. The smallest absolute Gasteiger partial charge is 0.416 e. The monoisotopic (exact) mass is 474 g/mol. The van der Waals surface area contributed by atoms with E-state index >= 15 is 0 Å². The summed E-state index contributed by atoms with van der Waals surface area (Å²) in [5.41, 5.74) is 1.83. The van der Waals surface area contributed by atoms with Gasteiger partial charge < -0.3 is 14.6 Å². The summed E-state index contributed by atoms with van der Waals surface area (Å²) in [7, 11) is 0. The quantitative estimate of drug-likeness (QED) is 0.483. The van der Waals surface area contributed by atoms with Crippen LogP contribution in [0.5, 0.6) is 5.75 Å². The minimum atomic E-state index is -4.60. The highest BCUT2D eigenvalue weighted by atomic mass is 35.5. The number of hydrogen-bond acceptors (Lipinski definition) is 4. The van der Waals surface area contributed by atoms with Crippen molar-refractivity contribution in [2.75, 3.05) is 11.9 Å². The number of halogens is 4. The molecule has 9 heteroatoms. The fourth-order valence-electron chi connectivity index (χ4n) is 4.10. The number of anilines is 1. The van der Waals surface area contributed by atoms with Gasteiger partial charge in [-0.3, -0.25) is 4.79 Å². The van der Waals surface area contributed by atoms with Crippen LogP contribution in [0.3, 0.4) is 0 Å². The average molecular weight is 475 g/mol. The zero-order valence-corrected chi connectivity index (χ0v) is 18.0. The molecule has 1 aromatic heterocycles. The molecular weight excluding hydrogens is 457 g/mol. The Bertz CT molecular complexity index is 1280. The van der Waals surface area contributed by atoms with Crippen LogP contribution in [0.1, 0.15) is 35.2 Å². The third-order valence-electron chi connectivity index (χ3n) is 5.72. The number of fused-ring (bicyclic) bond motifs is 2. The number of hydrogen-bond donors (Lipinski definition) is 1. The molecule has 0 bridgehead atoms. The van der Waals surface area contributed by atoms with Gasteiger partial charge in [0.25, 0.3) is 5.91 Å². The van der Waals surface area contributed by atoms with Crippen molar-refractivity contribution >= 4 is 29.3 Å². The molecule has 0 unspecified atom stereocenters. The lowest BCUT2D eigenvalue weighted by molar-refractivity contribution is -0.137. The van der Waals surface area contributed by atoms with E-state index in [0.717, 1.165) is 42.7 Å². The number of benzene rings is 2. The molecule has 3 aromatic rings. The Morgan fingerprint density at radius 1 is 1.09 bits per heavy atom. The molecule has 1 N–H and O–H groups in total. The van der Waals surface area contributed by atoms with Gasteiger partial charge in [0, 0.05) is 27.4 Å². The second kappa shape index (κ2) is 8.26. The second-order valence-electron chi connectivity index (χ2n) is 8.04. The van der Waals surface area contributed by atoms with E-state index in [2.05, 4.69) is 10.5 Å². The molecule has 0 radical (unpaired) electrons. The van der Waals surface area contributed by atoms with Crippen molar-refractivity contribution < 1.29 is 27.2 Å². The third-order valence-corrected chi connectivity index (χ3v) is 5.95. The van der Waals surface area contributed by atoms with E-state index in [-0.39, 0.29) is 23.4 Å². The van der Waals surface area contributed by atoms with Crippen LogP contribution in [0.4, 0.5) is 18.9 Å². The van der Waals surface area contributed by atoms with Crippen molar-refractivity contribution in [2.45, 2.75) is 31.9 Å². The molecule has 0 fully saturated rings. The van der Waals surface area contributed by atoms with Crippen LogP contribution < -0.4 is 10.1 Å². The lowest BCUT2D eigenvalue weighted by Crippen LogP contribution is -2.21. The summed E-state index contributed by atoms with van der Waals surface area (Å²) in [6.07, 6.45) is 0.330. The Labute approximate surface area is 192 Å². The SMILES string of the molecule is O=C(Nc1cc(-c2onc3c2CCCC3)cc(C(F)(F)F)c1)C1=Cc2cc(Cl)ccc2OC1. The Balaban J connectivity index is 1.49. The number of aromatic nitrogens is 1. The van der Waals surface area contributed by atoms with E-state index in [1.165, 1.54) is 6.07 Å². The van der Waals surface area contributed by atoms with E-state index in [9.17, 15) is 18.0 Å². The van der Waals surface area contributed by atoms with Gasteiger partial charge in [0.2, 0.25) is 0 Å². The summed E-state index contributed by atoms with van der Waals surface area (Å²) < 4.78 is 51.9. The number of nitrogens with zero attached hydrogens (tertiary/aromatic N) is 1. The van der Waals surface area contributed by atoms with Gasteiger partial charge in [-0.15, -0.1) is 0 Å². The van der Waals surface area contributed by atoms with Crippen LogP contribution in [-0.2, 0) is 23.8 Å². The van der Waals surface area contributed by atoms with E-state index < -0.39 is 17.6 Å². The zero-order valence-electron chi connectivity index (χ0n) is 17.3. The van der Waals surface area contributed by atoms with Gasteiger partial charge in [-0.1, -0.05) is 16.8 Å². The highest BCUT2D eigenvalue weighted by Gasteiger charge is 2.33. The molecule has 0 spiro atoms. The Kier molecular flexibility index (Phi) is 5.40. The van der Waals surface area contributed by atoms with E-state index in [0.29, 0.717) is 28.5 Å². The second-order valence-corrected chi connectivity index (χ2v) is 8.47. The Morgan fingerprint density at radius 2 is 1.91 bits per heavy atom. The molecule has 2 aromatic carbocycles. The predicted octanol–water partition coefficient (Wildman–Crippen LogP) is 6.31. The van der Waals surface area contributed by atoms with Crippen LogP contribution in [0.2, 0.25) is 5.02 Å². The maximum atomic E-state index is 13.6. The van der Waals surface area contributed by atoms with Crippen LogP contribution in [0, 0.1) is 0 Å². The topological polar surface area (TPSA) is 64.4 Å². The van der Waals surface area contributed by atoms with E-state index in [4.69, 9.17) is 20.9 Å². The largest absolute Gasteiger partial charge is 0.488 e. The normalized spacial score (nSPS) is 15.2. The molecule has 2 aliphatic rings. The highest BCUT2D eigenvalue weighted by molar-refractivity contribution is 6.30. The lowest BCUT2D eigenvalue weighted by atomic mass is 9.93. The number of ether oxygens (including phenoxy) is 1. The molecular formula is C24H18ClF3N2O3. The van der Waals surface area contributed by atoms with Crippen molar-refractivity contribution in [3.8, 4) is 17.1 Å². The molecule has 0 saturated heterocycles. The summed E-state index contributed by atoms with van der Waals surface area (Å²) in [5.74, 6) is 0.327. The van der Waals surface area contributed by atoms with Gasteiger partial charge in [-0.25, -0.2) is 0 Å². The van der Waals surface area contributed by atoms with E-state index in [1.807, 2.05) is 0 Å². The van der Waals surface area contributed by atoms with Crippen molar-refractivity contribution in [3.63, 3.8) is 0 Å². The first-order valence-corrected chi connectivity index (χ1v) is 10.8. The molecule has 1 aliphatic heterocycles. The summed E-state index contributed by atoms with van der Waals surface area (Å²) in [4.78, 5) is 12.8. The summed E-state index contributed by atoms with van der Waals surface area (Å²) in [6.45, 7) is -0.0120. The van der Waals surface area contributed by atoms with Crippen molar-refractivity contribution in [3.05, 3.63) is 69.4 Å². The third kappa shape index (κ3) is 4.35. The molecule has 5 nitrogen and oxygen atoms in total. The maximum Gasteiger partial charge on any atom is 0.416 e. The summed E-state index contributed by atoms with van der Waals surface area (Å²) in [6, 6.07) is 8.41. The minimum Gasteiger partial charge on any atom is -0.488 e. The first kappa shape index (κ1) is 21.6. The molecule has 1 amide bonds. The Morgan fingerprint density at radius 3 is 2.73 bits per heavy atom. The average Bonchev–Trinajstić information content (AvgIpc) is 3.22. The van der Waals surface area contributed by atoms with Gasteiger partial charge >= 0.3 is 6.18 Å². The van der Waals surface area contributed by atoms with Gasteiger partial charge in [-0.2, -0.15) is 13.2 Å². The molecule has 1 aliphatic carbocycles. The molecule has 5 rings (SSSR count). The van der Waals surface area contributed by atoms with Crippen LogP contribution >= 0.6 is 11.6 Å². The first-order valence-electron chi connectivity index (χ1n) is 10.4. The van der Waals surface area contributed by atoms with Gasteiger partial charge in [0.05, 0.1) is 16.8 Å². The minimum absolute atomic E-state index is 0.00331. The molecule has 170 valence electrons. The zero-order chi connectivity index (χ0) is 23.2. The van der Waals surface area contributed by atoms with Crippen molar-refractivity contribution in [2.24, 2.45) is 0 Å². The fraction of sp³-hybridized carbons (Fsp3) is 0.250. The number of nitrogens with one attached hydrogen (secondary N) is 1. The van der Waals surface area contributed by atoms with Crippen molar-refractivity contribution in [1.29, 1.82) is 0 Å². The molecule has 2 heterocycles. The highest BCUT2D eigenvalue weighted by Crippen LogP contribution is 2.38. The van der Waals surface area contributed by atoms with Gasteiger partial charge in [0.1, 0.15) is 12.4 Å². The summed E-state index contributed by atoms with van der Waals surface area (Å²) in [5, 5.41) is 7.09. The van der Waals surface area contributed by atoms with Crippen molar-refractivity contribution in [1.82, 2.24) is 5.16 Å². The lowest BCUT2D eigenvalue weighted by Gasteiger charge is -2.18. The number of carbonyl (C=O) groups excluding carboxylic acids is 1. The van der Waals surface area contributed by atoms with E-state index in [1.54, 1.807) is 24.3 Å². The first-order chi connectivity index (χ1) is 15.8. The Hall–Kier alpha value is -3.26. The van der Waals surface area contributed by atoms with Crippen LogP contribution in [0.25, 0.3) is 17.4 Å². The van der Waals surface area contributed by atoms with Crippen LogP contribution in [-0.4, -0.2) is 17.7 Å². The fourth-order valence-corrected chi connectivity index (χ4v) is 4.28. The molecule has 0 atom stereocenters. The molecule has 0 saturated carbocycles. The van der Waals surface area contributed by atoms with Gasteiger partial charge in [0.15, 0.2) is 5.76 Å². The van der Waals surface area contributed by atoms with Gasteiger partial charge in [-0.05, 0) is 68.2 Å². The number of amides is 1. The maximum absolute atomic E-state index is 13.6. The summed E-state index contributed by atoms with van der Waals surface area (Å²) >= 11 is 6.00. The number of alkyl halides is 3. The standard InChI is InChI=1S/C24H18ClF3N2O3/c25-17-5-6-21-13(9-17)7-15(12-32-21)23(31)29-18-10-14(8-16(11-18)24(26,27)28)22-19-3-1-2-4-20(19)30-33-22/h5-11H,1-4,12H2,(H,29,31). The number of aryl methyl sites for hydroxylation is 1. The van der Waals surface area contributed by atoms with Crippen LogP contribution in [0.15, 0.2) is 46.5 Å².